The number of phenolic OH excluding ortho intramolecular Hbond substituents is 1. The molecular weight excluding hydrogens is 289 g/mol. The molecule has 2 aromatic carbocycles. The Morgan fingerprint density at radius 2 is 1.95 bits per heavy atom. The molecule has 0 radical (unpaired) electrons. The van der Waals surface area contributed by atoms with E-state index in [1.807, 2.05) is 0 Å². The lowest BCUT2D eigenvalue weighted by Crippen LogP contribution is -2.36. The fraction of sp³-hybridized carbons (Fsp3) is 0.125. The quantitative estimate of drug-likeness (QED) is 0.756. The van der Waals surface area contributed by atoms with Crippen molar-refractivity contribution in [3.05, 3.63) is 59.4 Å². The third-order valence-electron chi connectivity index (χ3n) is 3.67. The molecule has 1 amide bonds. The number of rotatable bonds is 3. The number of hydrogen-bond acceptors (Lipinski definition) is 4. The lowest BCUT2D eigenvalue weighted by Gasteiger charge is -2.20. The maximum atomic E-state index is 13.4. The van der Waals surface area contributed by atoms with E-state index in [2.05, 4.69) is 5.32 Å². The molecule has 0 aliphatic carbocycles. The maximum Gasteiger partial charge on any atom is 0.261 e. The number of carbonyl (C=O) groups is 2. The number of Topliss-reactive ketones (excluding diaryl/α,β-unsaturated/α-hetero) is 1. The number of fused-ring (bicyclic) bond motifs is 1. The second-order valence-corrected chi connectivity index (χ2v) is 5.12. The van der Waals surface area contributed by atoms with Crippen LogP contribution < -0.4 is 5.32 Å². The Bertz CT molecular complexity index is 789. The predicted molar refractivity (Wildman–Crippen MR) is 76.0 cm³/mol. The smallest absolute Gasteiger partial charge is 0.261 e. The van der Waals surface area contributed by atoms with Gasteiger partial charge in [0, 0.05) is 11.3 Å². The minimum Gasteiger partial charge on any atom is -0.507 e. The van der Waals surface area contributed by atoms with E-state index in [-0.39, 0.29) is 22.6 Å². The number of nitrogens with one attached hydrogen (secondary N) is 1. The molecule has 112 valence electrons. The van der Waals surface area contributed by atoms with Gasteiger partial charge in [0.05, 0.1) is 12.0 Å². The van der Waals surface area contributed by atoms with Gasteiger partial charge in [-0.05, 0) is 30.3 Å². The van der Waals surface area contributed by atoms with Crippen LogP contribution in [0.25, 0.3) is 0 Å². The van der Waals surface area contributed by atoms with Gasteiger partial charge >= 0.3 is 0 Å². The molecule has 0 saturated heterocycles. The number of ketones is 1. The van der Waals surface area contributed by atoms with Gasteiger partial charge in [0.1, 0.15) is 11.6 Å². The van der Waals surface area contributed by atoms with Gasteiger partial charge < -0.3 is 15.5 Å². The summed E-state index contributed by atoms with van der Waals surface area (Å²) in [6, 6.07) is 9.32. The predicted octanol–water partition coefficient (Wildman–Crippen LogP) is 1.94. The first-order chi connectivity index (χ1) is 10.4. The Hall–Kier alpha value is -2.73. The zero-order valence-corrected chi connectivity index (χ0v) is 11.3. The zero-order chi connectivity index (χ0) is 15.9. The highest BCUT2D eigenvalue weighted by Crippen LogP contribution is 2.39. The number of benzene rings is 2. The highest BCUT2D eigenvalue weighted by Gasteiger charge is 2.47. The van der Waals surface area contributed by atoms with Gasteiger partial charge in [-0.1, -0.05) is 12.1 Å². The highest BCUT2D eigenvalue weighted by molar-refractivity contribution is 6.09. The van der Waals surface area contributed by atoms with Crippen LogP contribution in [0.5, 0.6) is 5.75 Å². The van der Waals surface area contributed by atoms with Crippen LogP contribution >= 0.6 is 0 Å². The van der Waals surface area contributed by atoms with Gasteiger partial charge in [-0.3, -0.25) is 9.59 Å². The van der Waals surface area contributed by atoms with Gasteiger partial charge in [0.15, 0.2) is 11.4 Å². The Balaban J connectivity index is 1.98. The molecule has 0 fully saturated rings. The fourth-order valence-electron chi connectivity index (χ4n) is 2.53. The average molecular weight is 301 g/mol. The van der Waals surface area contributed by atoms with E-state index in [0.29, 0.717) is 0 Å². The number of para-hydroxylation sites is 1. The van der Waals surface area contributed by atoms with Gasteiger partial charge in [0.25, 0.3) is 5.91 Å². The lowest BCUT2D eigenvalue weighted by molar-refractivity contribution is -0.133. The number of aromatic hydroxyl groups is 1. The van der Waals surface area contributed by atoms with Crippen molar-refractivity contribution < 1.29 is 24.2 Å². The summed E-state index contributed by atoms with van der Waals surface area (Å²) < 4.78 is 13.4. The molecule has 0 bridgehead atoms. The molecule has 1 aliphatic rings. The number of halogens is 1. The van der Waals surface area contributed by atoms with E-state index in [4.69, 9.17) is 0 Å². The Morgan fingerprint density at radius 3 is 2.68 bits per heavy atom. The Kier molecular flexibility index (Phi) is 3.18. The average Bonchev–Trinajstić information content (AvgIpc) is 2.71. The van der Waals surface area contributed by atoms with E-state index in [1.54, 1.807) is 12.1 Å². The van der Waals surface area contributed by atoms with E-state index in [9.17, 15) is 24.2 Å². The van der Waals surface area contributed by atoms with E-state index < -0.39 is 29.5 Å². The first kappa shape index (κ1) is 14.2. The van der Waals surface area contributed by atoms with Crippen LogP contribution in [0.2, 0.25) is 0 Å². The maximum absolute atomic E-state index is 13.4. The van der Waals surface area contributed by atoms with Crippen LogP contribution in [0.15, 0.2) is 42.5 Å². The van der Waals surface area contributed by atoms with Crippen molar-refractivity contribution in [1.82, 2.24) is 0 Å². The number of aliphatic hydroxyl groups is 1. The van der Waals surface area contributed by atoms with Crippen LogP contribution in [0.1, 0.15) is 22.3 Å². The summed E-state index contributed by atoms with van der Waals surface area (Å²) in [5.74, 6) is -2.28. The Morgan fingerprint density at radius 1 is 1.23 bits per heavy atom. The van der Waals surface area contributed by atoms with E-state index in [0.717, 1.165) is 12.1 Å². The normalized spacial score (nSPS) is 19.6. The molecule has 3 rings (SSSR count). The molecule has 0 unspecified atom stereocenters. The molecule has 1 aliphatic heterocycles. The number of amides is 1. The van der Waals surface area contributed by atoms with Gasteiger partial charge in [-0.2, -0.15) is 0 Å². The van der Waals surface area contributed by atoms with Crippen LogP contribution in [0.4, 0.5) is 10.1 Å². The van der Waals surface area contributed by atoms with Crippen molar-refractivity contribution in [2.24, 2.45) is 0 Å². The van der Waals surface area contributed by atoms with Crippen LogP contribution in [-0.2, 0) is 10.4 Å². The second kappa shape index (κ2) is 4.92. The molecule has 22 heavy (non-hydrogen) atoms. The Labute approximate surface area is 125 Å². The summed E-state index contributed by atoms with van der Waals surface area (Å²) in [4.78, 5) is 24.3. The van der Waals surface area contributed by atoms with Crippen molar-refractivity contribution in [2.75, 3.05) is 5.32 Å². The monoisotopic (exact) mass is 301 g/mol. The van der Waals surface area contributed by atoms with Crippen LogP contribution in [0, 0.1) is 5.82 Å². The SMILES string of the molecule is O=C(C[C@@]1(O)C(=O)Nc2ccc(F)cc21)c1ccccc1O. The molecule has 0 spiro atoms. The molecule has 3 N–H and O–H groups in total. The molecule has 6 heteroatoms. The van der Waals surface area contributed by atoms with Crippen molar-refractivity contribution in [3.63, 3.8) is 0 Å². The van der Waals surface area contributed by atoms with Crippen molar-refractivity contribution in [3.8, 4) is 5.75 Å². The standard InChI is InChI=1S/C16H12FNO4/c17-9-5-6-12-11(7-9)16(22,15(21)18-12)8-14(20)10-3-1-2-4-13(10)19/h1-7,19,22H,8H2,(H,18,21)/t16-/m0/s1. The molecule has 1 heterocycles. The highest BCUT2D eigenvalue weighted by atomic mass is 19.1. The largest absolute Gasteiger partial charge is 0.507 e. The first-order valence-corrected chi connectivity index (χ1v) is 6.57. The second-order valence-electron chi connectivity index (χ2n) is 5.12. The summed E-state index contributed by atoms with van der Waals surface area (Å²) in [7, 11) is 0. The van der Waals surface area contributed by atoms with Gasteiger partial charge in [-0.25, -0.2) is 4.39 Å². The summed E-state index contributed by atoms with van der Waals surface area (Å²) >= 11 is 0. The number of phenols is 1. The third kappa shape index (κ3) is 2.14. The number of hydrogen-bond donors (Lipinski definition) is 3. The number of carbonyl (C=O) groups excluding carboxylic acids is 2. The van der Waals surface area contributed by atoms with Crippen molar-refractivity contribution in [2.45, 2.75) is 12.0 Å². The fourth-order valence-corrected chi connectivity index (χ4v) is 2.53. The van der Waals surface area contributed by atoms with E-state index in [1.165, 1.54) is 18.2 Å². The van der Waals surface area contributed by atoms with Gasteiger partial charge in [0.2, 0.25) is 0 Å². The topological polar surface area (TPSA) is 86.6 Å². The third-order valence-corrected chi connectivity index (χ3v) is 3.67. The minimum atomic E-state index is -2.16. The number of anilines is 1. The van der Waals surface area contributed by atoms with Crippen LogP contribution in [-0.4, -0.2) is 21.9 Å². The van der Waals surface area contributed by atoms with Crippen LogP contribution in [0.3, 0.4) is 0 Å². The summed E-state index contributed by atoms with van der Waals surface area (Å²) in [5, 5.41) is 22.7. The summed E-state index contributed by atoms with van der Waals surface area (Å²) in [5.41, 5.74) is -1.88. The minimum absolute atomic E-state index is 0.00595. The molecule has 2 aromatic rings. The molecule has 0 saturated carbocycles. The zero-order valence-electron chi connectivity index (χ0n) is 11.3. The van der Waals surface area contributed by atoms with Gasteiger partial charge in [-0.15, -0.1) is 0 Å². The summed E-state index contributed by atoms with van der Waals surface area (Å²) in [6.45, 7) is 0. The molecular formula is C16H12FNO4. The molecule has 0 aromatic heterocycles. The lowest BCUT2D eigenvalue weighted by atomic mass is 9.88. The molecule has 5 nitrogen and oxygen atoms in total. The van der Waals surface area contributed by atoms with Crippen molar-refractivity contribution >= 4 is 17.4 Å². The van der Waals surface area contributed by atoms with E-state index >= 15 is 0 Å². The summed E-state index contributed by atoms with van der Waals surface area (Å²) in [6.07, 6.45) is -0.590. The first-order valence-electron chi connectivity index (χ1n) is 6.57. The molecule has 1 atom stereocenters. The van der Waals surface area contributed by atoms with Crippen molar-refractivity contribution in [1.29, 1.82) is 0 Å².